The minimum atomic E-state index is -3.80. The molecule has 8 nitrogen and oxygen atoms in total. The summed E-state index contributed by atoms with van der Waals surface area (Å²) in [5.74, 6) is -0.321. The molecule has 192 valence electrons. The van der Waals surface area contributed by atoms with Gasteiger partial charge in [0.2, 0.25) is 15.9 Å². The number of nitrogens with one attached hydrogen (secondary N) is 2. The maximum Gasteiger partial charge on any atom is 0.261 e. The van der Waals surface area contributed by atoms with Crippen molar-refractivity contribution < 1.29 is 21.6 Å². The molecule has 0 heterocycles. The molecule has 0 fully saturated rings. The number of hydrogen-bond acceptors (Lipinski definition) is 5. The van der Waals surface area contributed by atoms with Crippen LogP contribution in [0.3, 0.4) is 0 Å². The smallest absolute Gasteiger partial charge is 0.261 e. The van der Waals surface area contributed by atoms with Gasteiger partial charge in [0.05, 0.1) is 22.5 Å². The van der Waals surface area contributed by atoms with Gasteiger partial charge in [-0.25, -0.2) is 16.8 Å². The monoisotopic (exact) mass is 549 g/mol. The minimum absolute atomic E-state index is 0.0618. The lowest BCUT2D eigenvalue weighted by molar-refractivity contribution is -0.116. The maximum absolute atomic E-state index is 12.8. The molecule has 36 heavy (non-hydrogen) atoms. The summed E-state index contributed by atoms with van der Waals surface area (Å²) in [6.45, 7) is 3.80. The first-order valence-corrected chi connectivity index (χ1v) is 14.8. The standard InChI is InChI=1S/C25H28ClN3O5S2/c1-18-9-10-19(2)24(16-18)28-36(33,34)23-13-11-21(12-14-23)27-25(30)8-5-15-29(35(3,31)32)22-7-4-6-20(26)17-22/h4,6-7,9-14,16-17,28H,5,8,15H2,1-3H3,(H,27,30). The molecule has 0 bridgehead atoms. The van der Waals surface area contributed by atoms with Gasteiger partial charge in [-0.3, -0.25) is 13.8 Å². The number of rotatable bonds is 10. The third-order valence-electron chi connectivity index (χ3n) is 5.35. The molecule has 0 saturated heterocycles. The van der Waals surface area contributed by atoms with E-state index in [1.54, 1.807) is 30.3 Å². The van der Waals surface area contributed by atoms with Crippen LogP contribution in [0.2, 0.25) is 5.02 Å². The van der Waals surface area contributed by atoms with Crippen molar-refractivity contribution in [3.8, 4) is 0 Å². The number of amides is 1. The zero-order chi connectivity index (χ0) is 26.5. The molecule has 0 spiro atoms. The molecule has 0 unspecified atom stereocenters. The van der Waals surface area contributed by atoms with E-state index in [2.05, 4.69) is 10.0 Å². The van der Waals surface area contributed by atoms with Crippen molar-refractivity contribution in [2.45, 2.75) is 31.6 Å². The van der Waals surface area contributed by atoms with Gasteiger partial charge < -0.3 is 5.32 Å². The normalized spacial score (nSPS) is 11.7. The SMILES string of the molecule is Cc1ccc(C)c(NS(=O)(=O)c2ccc(NC(=O)CCCN(c3cccc(Cl)c3)S(C)(=O)=O)cc2)c1. The quantitative estimate of drug-likeness (QED) is 0.372. The Bertz CT molecular complexity index is 1460. The summed E-state index contributed by atoms with van der Waals surface area (Å²) in [7, 11) is -7.36. The maximum atomic E-state index is 12.8. The highest BCUT2D eigenvalue weighted by molar-refractivity contribution is 7.92. The third-order valence-corrected chi connectivity index (χ3v) is 8.16. The Balaban J connectivity index is 1.59. The molecule has 0 aliphatic carbocycles. The van der Waals surface area contributed by atoms with E-state index in [0.717, 1.165) is 17.4 Å². The molecule has 0 aliphatic heterocycles. The van der Waals surface area contributed by atoms with Crippen LogP contribution in [0, 0.1) is 13.8 Å². The lowest BCUT2D eigenvalue weighted by Crippen LogP contribution is -2.31. The fourth-order valence-electron chi connectivity index (χ4n) is 3.49. The Labute approximate surface area is 217 Å². The first-order chi connectivity index (χ1) is 16.8. The van der Waals surface area contributed by atoms with Crippen molar-refractivity contribution in [3.63, 3.8) is 0 Å². The number of carbonyl (C=O) groups is 1. The molecule has 0 atom stereocenters. The number of benzene rings is 3. The number of anilines is 3. The molecule has 3 aromatic rings. The van der Waals surface area contributed by atoms with Crippen LogP contribution in [0.15, 0.2) is 71.6 Å². The lowest BCUT2D eigenvalue weighted by atomic mass is 10.1. The van der Waals surface area contributed by atoms with Crippen LogP contribution in [0.25, 0.3) is 0 Å². The van der Waals surface area contributed by atoms with E-state index >= 15 is 0 Å². The van der Waals surface area contributed by atoms with E-state index in [9.17, 15) is 21.6 Å². The van der Waals surface area contributed by atoms with Crippen molar-refractivity contribution in [2.24, 2.45) is 0 Å². The van der Waals surface area contributed by atoms with E-state index in [0.29, 0.717) is 22.1 Å². The molecule has 1 amide bonds. The van der Waals surface area contributed by atoms with Crippen LogP contribution >= 0.6 is 11.6 Å². The number of sulfonamides is 2. The summed E-state index contributed by atoms with van der Waals surface area (Å²) in [5, 5.41) is 3.12. The number of nitrogens with zero attached hydrogens (tertiary/aromatic N) is 1. The van der Waals surface area contributed by atoms with Crippen LogP contribution in [-0.2, 0) is 24.8 Å². The summed E-state index contributed by atoms with van der Waals surface area (Å²) in [6, 6.07) is 17.8. The zero-order valence-corrected chi connectivity index (χ0v) is 22.5. The largest absolute Gasteiger partial charge is 0.326 e. The van der Waals surface area contributed by atoms with Gasteiger partial charge in [-0.05, 0) is 79.9 Å². The van der Waals surface area contributed by atoms with Crippen LogP contribution < -0.4 is 14.3 Å². The van der Waals surface area contributed by atoms with Crippen molar-refractivity contribution in [1.82, 2.24) is 0 Å². The van der Waals surface area contributed by atoms with Gasteiger partial charge in [-0.2, -0.15) is 0 Å². The second-order valence-electron chi connectivity index (χ2n) is 8.41. The average Bonchev–Trinajstić information content (AvgIpc) is 2.78. The first kappa shape index (κ1) is 27.5. The molecule has 2 N–H and O–H groups in total. The lowest BCUT2D eigenvalue weighted by Gasteiger charge is -2.22. The molecule has 0 radical (unpaired) electrons. The number of carbonyl (C=O) groups excluding carboxylic acids is 1. The first-order valence-electron chi connectivity index (χ1n) is 11.1. The van der Waals surface area contributed by atoms with Gasteiger partial charge in [0.1, 0.15) is 0 Å². The van der Waals surface area contributed by atoms with Crippen LogP contribution in [0.4, 0.5) is 17.1 Å². The van der Waals surface area contributed by atoms with Crippen LogP contribution in [0.5, 0.6) is 0 Å². The Kier molecular flexibility index (Phi) is 8.65. The number of hydrogen-bond donors (Lipinski definition) is 2. The summed E-state index contributed by atoms with van der Waals surface area (Å²) >= 11 is 5.98. The molecular formula is C25H28ClN3O5S2. The molecule has 3 rings (SSSR count). The zero-order valence-electron chi connectivity index (χ0n) is 20.2. The molecule has 0 saturated carbocycles. The number of halogens is 1. The van der Waals surface area contributed by atoms with Gasteiger partial charge in [-0.1, -0.05) is 29.8 Å². The summed E-state index contributed by atoms with van der Waals surface area (Å²) in [4.78, 5) is 12.5. The molecule has 0 aromatic heterocycles. The van der Waals surface area contributed by atoms with Gasteiger partial charge in [0.25, 0.3) is 10.0 Å². The fraction of sp³-hybridized carbons (Fsp3) is 0.240. The second kappa shape index (κ2) is 11.3. The van der Waals surface area contributed by atoms with Gasteiger partial charge in [0, 0.05) is 23.7 Å². The Morgan fingerprint density at radius 1 is 0.944 bits per heavy atom. The van der Waals surface area contributed by atoms with E-state index in [1.165, 1.54) is 28.6 Å². The van der Waals surface area contributed by atoms with Crippen molar-refractivity contribution in [1.29, 1.82) is 0 Å². The van der Waals surface area contributed by atoms with E-state index < -0.39 is 20.0 Å². The fourth-order valence-corrected chi connectivity index (χ4v) is 5.75. The highest BCUT2D eigenvalue weighted by Crippen LogP contribution is 2.24. The Hall–Kier alpha value is -3.08. The highest BCUT2D eigenvalue weighted by Gasteiger charge is 2.18. The Morgan fingerprint density at radius 2 is 1.64 bits per heavy atom. The van der Waals surface area contributed by atoms with Gasteiger partial charge in [0.15, 0.2) is 0 Å². The second-order valence-corrected chi connectivity index (χ2v) is 12.4. The van der Waals surface area contributed by atoms with E-state index in [-0.39, 0.29) is 30.2 Å². The molecule has 3 aromatic carbocycles. The minimum Gasteiger partial charge on any atom is -0.326 e. The van der Waals surface area contributed by atoms with Crippen molar-refractivity contribution in [3.05, 3.63) is 82.9 Å². The molecule has 11 heteroatoms. The summed E-state index contributed by atoms with van der Waals surface area (Å²) < 4.78 is 53.7. The third kappa shape index (κ3) is 7.46. The van der Waals surface area contributed by atoms with Gasteiger partial charge >= 0.3 is 0 Å². The summed E-state index contributed by atoms with van der Waals surface area (Å²) in [6.07, 6.45) is 1.44. The molecular weight excluding hydrogens is 522 g/mol. The van der Waals surface area contributed by atoms with E-state index in [1.807, 2.05) is 26.0 Å². The topological polar surface area (TPSA) is 113 Å². The predicted octanol–water partition coefficient (Wildman–Crippen LogP) is 4.94. The van der Waals surface area contributed by atoms with Gasteiger partial charge in [-0.15, -0.1) is 0 Å². The van der Waals surface area contributed by atoms with Crippen molar-refractivity contribution in [2.75, 3.05) is 27.1 Å². The van der Waals surface area contributed by atoms with Crippen molar-refractivity contribution >= 4 is 54.6 Å². The average molecular weight is 550 g/mol. The van der Waals surface area contributed by atoms with Crippen LogP contribution in [0.1, 0.15) is 24.0 Å². The van der Waals surface area contributed by atoms with E-state index in [4.69, 9.17) is 11.6 Å². The van der Waals surface area contributed by atoms with Crippen LogP contribution in [-0.4, -0.2) is 35.5 Å². The number of aryl methyl sites for hydroxylation is 2. The summed E-state index contributed by atoms with van der Waals surface area (Å²) in [5.41, 5.74) is 3.10. The predicted molar refractivity (Wildman–Crippen MR) is 145 cm³/mol. The Morgan fingerprint density at radius 3 is 2.28 bits per heavy atom. The molecule has 0 aliphatic rings. The highest BCUT2D eigenvalue weighted by atomic mass is 35.5.